The minimum absolute atomic E-state index is 0. The van der Waals surface area contributed by atoms with E-state index in [0.29, 0.717) is 19.0 Å². The molecule has 6 nitrogen and oxygen atoms in total. The van der Waals surface area contributed by atoms with Gasteiger partial charge < -0.3 is 15.4 Å². The Morgan fingerprint density at radius 1 is 1.07 bits per heavy atom. The lowest BCUT2D eigenvalue weighted by molar-refractivity contribution is 0.408. The molecule has 29 heavy (non-hydrogen) atoms. The van der Waals surface area contributed by atoms with E-state index in [0.717, 1.165) is 34.5 Å². The van der Waals surface area contributed by atoms with E-state index in [9.17, 15) is 8.42 Å². The highest BCUT2D eigenvalue weighted by molar-refractivity contribution is 14.0. The van der Waals surface area contributed by atoms with E-state index in [1.807, 2.05) is 50.2 Å². The van der Waals surface area contributed by atoms with Gasteiger partial charge in [-0.1, -0.05) is 36.4 Å². The second-order valence-electron chi connectivity index (χ2n) is 6.75. The number of halogens is 1. The highest BCUT2D eigenvalue weighted by Crippen LogP contribution is 2.19. The minimum atomic E-state index is -3.02. The maximum Gasteiger partial charge on any atom is 0.191 e. The van der Waals surface area contributed by atoms with Crippen molar-refractivity contribution in [3.05, 3.63) is 64.7 Å². The summed E-state index contributed by atoms with van der Waals surface area (Å²) in [5.41, 5.74) is 4.01. The number of hydrogen-bond acceptors (Lipinski definition) is 4. The molecular formula is C21H30IN3O3S. The Hall–Kier alpha value is -1.81. The Balaban J connectivity index is 0.00000420. The number of sulfone groups is 1. The van der Waals surface area contributed by atoms with Crippen LogP contribution in [0.15, 0.2) is 47.5 Å². The van der Waals surface area contributed by atoms with Crippen molar-refractivity contribution in [2.24, 2.45) is 4.99 Å². The molecule has 0 spiro atoms. The van der Waals surface area contributed by atoms with Crippen molar-refractivity contribution in [2.45, 2.75) is 32.7 Å². The van der Waals surface area contributed by atoms with Gasteiger partial charge in [0.2, 0.25) is 0 Å². The van der Waals surface area contributed by atoms with E-state index in [4.69, 9.17) is 4.74 Å². The van der Waals surface area contributed by atoms with Gasteiger partial charge in [-0.2, -0.15) is 0 Å². The number of nitrogens with one attached hydrogen (secondary N) is 2. The van der Waals surface area contributed by atoms with Gasteiger partial charge in [0.1, 0.15) is 5.75 Å². The molecule has 2 aromatic rings. The number of aryl methyl sites for hydroxylation is 1. The van der Waals surface area contributed by atoms with E-state index < -0.39 is 9.84 Å². The first-order valence-corrected chi connectivity index (χ1v) is 11.3. The zero-order valence-corrected chi connectivity index (χ0v) is 20.5. The molecule has 0 radical (unpaired) electrons. The lowest BCUT2D eigenvalue weighted by Crippen LogP contribution is -2.36. The van der Waals surface area contributed by atoms with Crippen molar-refractivity contribution in [2.75, 3.05) is 19.9 Å². The number of ether oxygens (including phenoxy) is 1. The molecule has 0 aliphatic heterocycles. The highest BCUT2D eigenvalue weighted by Gasteiger charge is 2.06. The Kier molecular flexibility index (Phi) is 10.5. The van der Waals surface area contributed by atoms with Gasteiger partial charge in [-0.05, 0) is 36.6 Å². The molecule has 0 aromatic heterocycles. The minimum Gasteiger partial charge on any atom is -0.496 e. The van der Waals surface area contributed by atoms with Crippen LogP contribution in [0.4, 0.5) is 0 Å². The summed E-state index contributed by atoms with van der Waals surface area (Å²) in [6, 6.07) is 13.6. The first-order valence-electron chi connectivity index (χ1n) is 9.22. The SMILES string of the molecule is CCNC(=NCc1ccc(CS(C)(=O)=O)cc1)NCc1ccc(C)cc1OC.I. The first-order chi connectivity index (χ1) is 13.3. The number of benzene rings is 2. The van der Waals surface area contributed by atoms with Crippen LogP contribution in [0.3, 0.4) is 0 Å². The molecule has 0 saturated carbocycles. The molecular weight excluding hydrogens is 501 g/mol. The number of hydrogen-bond donors (Lipinski definition) is 2. The predicted octanol–water partition coefficient (Wildman–Crippen LogP) is 3.42. The van der Waals surface area contributed by atoms with E-state index in [-0.39, 0.29) is 29.7 Å². The van der Waals surface area contributed by atoms with E-state index >= 15 is 0 Å². The first kappa shape index (κ1) is 25.2. The van der Waals surface area contributed by atoms with Gasteiger partial charge in [-0.3, -0.25) is 0 Å². The van der Waals surface area contributed by atoms with Gasteiger partial charge in [0, 0.05) is 24.9 Å². The fraction of sp³-hybridized carbons (Fsp3) is 0.381. The predicted molar refractivity (Wildman–Crippen MR) is 130 cm³/mol. The normalized spacial score (nSPS) is 11.5. The van der Waals surface area contributed by atoms with Gasteiger partial charge in [-0.25, -0.2) is 13.4 Å². The Morgan fingerprint density at radius 3 is 2.31 bits per heavy atom. The molecule has 0 aliphatic carbocycles. The van der Waals surface area contributed by atoms with Crippen LogP contribution in [0, 0.1) is 6.92 Å². The third kappa shape index (κ3) is 9.03. The van der Waals surface area contributed by atoms with Gasteiger partial charge >= 0.3 is 0 Å². The van der Waals surface area contributed by atoms with Gasteiger partial charge in [0.05, 0.1) is 19.4 Å². The maximum absolute atomic E-state index is 11.4. The van der Waals surface area contributed by atoms with Crippen LogP contribution >= 0.6 is 24.0 Å². The molecule has 2 N–H and O–H groups in total. The van der Waals surface area contributed by atoms with Crippen molar-refractivity contribution in [3.8, 4) is 5.75 Å². The lowest BCUT2D eigenvalue weighted by atomic mass is 10.1. The number of aliphatic imine (C=N–C) groups is 1. The van der Waals surface area contributed by atoms with Crippen LogP contribution in [0.25, 0.3) is 0 Å². The third-order valence-corrected chi connectivity index (χ3v) is 4.96. The molecule has 160 valence electrons. The fourth-order valence-corrected chi connectivity index (χ4v) is 3.53. The average Bonchev–Trinajstić information content (AvgIpc) is 2.64. The van der Waals surface area contributed by atoms with Crippen LogP contribution in [0.1, 0.15) is 29.2 Å². The molecule has 0 fully saturated rings. The quantitative estimate of drug-likeness (QED) is 0.310. The van der Waals surface area contributed by atoms with Crippen LogP contribution < -0.4 is 15.4 Å². The summed E-state index contributed by atoms with van der Waals surface area (Å²) in [7, 11) is -1.35. The Morgan fingerprint density at radius 2 is 1.72 bits per heavy atom. The monoisotopic (exact) mass is 531 g/mol. The summed E-state index contributed by atoms with van der Waals surface area (Å²) < 4.78 is 28.2. The second-order valence-corrected chi connectivity index (χ2v) is 8.89. The largest absolute Gasteiger partial charge is 0.496 e. The fourth-order valence-electron chi connectivity index (χ4n) is 2.73. The molecule has 0 atom stereocenters. The van der Waals surface area contributed by atoms with E-state index in [2.05, 4.69) is 21.7 Å². The summed E-state index contributed by atoms with van der Waals surface area (Å²) >= 11 is 0. The van der Waals surface area contributed by atoms with Crippen LogP contribution in [0.2, 0.25) is 0 Å². The topological polar surface area (TPSA) is 79.8 Å². The molecule has 0 unspecified atom stereocenters. The van der Waals surface area contributed by atoms with Gasteiger partial charge in [-0.15, -0.1) is 24.0 Å². The van der Waals surface area contributed by atoms with Crippen molar-refractivity contribution in [3.63, 3.8) is 0 Å². The van der Waals surface area contributed by atoms with Crippen molar-refractivity contribution < 1.29 is 13.2 Å². The average molecular weight is 531 g/mol. The molecule has 0 amide bonds. The van der Waals surface area contributed by atoms with Crippen molar-refractivity contribution in [1.82, 2.24) is 10.6 Å². The Bertz CT molecular complexity index is 913. The van der Waals surface area contributed by atoms with Gasteiger partial charge in [0.25, 0.3) is 0 Å². The summed E-state index contributed by atoms with van der Waals surface area (Å²) in [5, 5.41) is 6.56. The molecule has 8 heteroatoms. The smallest absolute Gasteiger partial charge is 0.191 e. The summed E-state index contributed by atoms with van der Waals surface area (Å²) in [4.78, 5) is 4.61. The molecule has 0 heterocycles. The summed E-state index contributed by atoms with van der Waals surface area (Å²) in [5.74, 6) is 1.62. The van der Waals surface area contributed by atoms with E-state index in [1.54, 1.807) is 7.11 Å². The molecule has 0 saturated heterocycles. The summed E-state index contributed by atoms with van der Waals surface area (Å²) in [6.07, 6.45) is 1.24. The standard InChI is InChI=1S/C21H29N3O3S.HI/c1-5-22-21(24-14-19-11-6-16(2)12-20(19)27-3)23-13-17-7-9-18(10-8-17)15-28(4,25)26;/h6-12H,5,13-15H2,1-4H3,(H2,22,23,24);1H. The summed E-state index contributed by atoms with van der Waals surface area (Å²) in [6.45, 7) is 5.91. The molecule has 2 rings (SSSR count). The zero-order valence-electron chi connectivity index (χ0n) is 17.4. The highest BCUT2D eigenvalue weighted by atomic mass is 127. The number of nitrogens with zero attached hydrogens (tertiary/aromatic N) is 1. The maximum atomic E-state index is 11.4. The number of methoxy groups -OCH3 is 1. The number of guanidine groups is 1. The Labute approximate surface area is 191 Å². The zero-order chi connectivity index (χ0) is 20.6. The lowest BCUT2D eigenvalue weighted by Gasteiger charge is -2.14. The van der Waals surface area contributed by atoms with Crippen LogP contribution in [-0.2, 0) is 28.7 Å². The van der Waals surface area contributed by atoms with Crippen LogP contribution in [-0.4, -0.2) is 34.3 Å². The molecule has 0 bridgehead atoms. The van der Waals surface area contributed by atoms with E-state index in [1.165, 1.54) is 6.26 Å². The molecule has 0 aliphatic rings. The second kappa shape index (κ2) is 12.0. The van der Waals surface area contributed by atoms with Crippen molar-refractivity contribution in [1.29, 1.82) is 0 Å². The van der Waals surface area contributed by atoms with Crippen LogP contribution in [0.5, 0.6) is 5.75 Å². The van der Waals surface area contributed by atoms with Gasteiger partial charge in [0.15, 0.2) is 15.8 Å². The van der Waals surface area contributed by atoms with Crippen molar-refractivity contribution >= 4 is 39.8 Å². The molecule has 2 aromatic carbocycles. The number of rotatable bonds is 8. The third-order valence-electron chi connectivity index (χ3n) is 4.10.